The molecule has 1 aromatic heterocycles. The molecule has 2 unspecified atom stereocenters. The Hall–Kier alpha value is -2.73. The van der Waals surface area contributed by atoms with Gasteiger partial charge in [-0.2, -0.15) is 0 Å². The number of benzene rings is 2. The Morgan fingerprint density at radius 1 is 1.12 bits per heavy atom. The molecule has 3 aromatic rings. The van der Waals surface area contributed by atoms with Crippen LogP contribution in [0.25, 0.3) is 11.0 Å². The van der Waals surface area contributed by atoms with Crippen LogP contribution in [0.2, 0.25) is 0 Å². The summed E-state index contributed by atoms with van der Waals surface area (Å²) in [4.78, 5) is 0.498. The first-order chi connectivity index (χ1) is 15.6. The van der Waals surface area contributed by atoms with Gasteiger partial charge in [0.1, 0.15) is 32.8 Å². The second kappa shape index (κ2) is 11.8. The molecular formula is C21H26N4O5S2. The van der Waals surface area contributed by atoms with E-state index >= 15 is 0 Å². The zero-order valence-corrected chi connectivity index (χ0v) is 19.5. The molecule has 0 amide bonds. The van der Waals surface area contributed by atoms with E-state index in [-0.39, 0.29) is 0 Å². The van der Waals surface area contributed by atoms with Crippen molar-refractivity contribution in [3.63, 3.8) is 0 Å². The van der Waals surface area contributed by atoms with Gasteiger partial charge in [-0.05, 0) is 42.8 Å². The Kier molecular flexibility index (Phi) is 8.80. The second-order valence-electron chi connectivity index (χ2n) is 6.61. The molecule has 9 nitrogen and oxygen atoms in total. The van der Waals surface area contributed by atoms with Gasteiger partial charge in [-0.25, -0.2) is 13.1 Å². The molecule has 2 aromatic carbocycles. The van der Waals surface area contributed by atoms with Crippen LogP contribution in [-0.2, 0) is 28.5 Å². The third-order valence-electron chi connectivity index (χ3n) is 4.53. The van der Waals surface area contributed by atoms with E-state index in [2.05, 4.69) is 26.5 Å². The van der Waals surface area contributed by atoms with Crippen molar-refractivity contribution >= 4 is 38.8 Å². The van der Waals surface area contributed by atoms with Crippen LogP contribution in [0.4, 0.5) is 5.82 Å². The van der Waals surface area contributed by atoms with Gasteiger partial charge >= 0.3 is 0 Å². The highest BCUT2D eigenvalue weighted by Gasteiger charge is 2.19. The number of rotatable bonds is 13. The molecule has 0 saturated carbocycles. The molecule has 0 aliphatic heterocycles. The average molecular weight is 479 g/mol. The van der Waals surface area contributed by atoms with Crippen molar-refractivity contribution < 1.29 is 22.4 Å². The van der Waals surface area contributed by atoms with Gasteiger partial charge in [-0.1, -0.05) is 23.9 Å². The quantitative estimate of drug-likeness (QED) is 0.324. The fourth-order valence-electron chi connectivity index (χ4n) is 3.02. The lowest BCUT2D eigenvalue weighted by molar-refractivity contribution is 0.404. The first kappa shape index (κ1) is 23.9. The number of aromatic nitrogens is 1. The summed E-state index contributed by atoms with van der Waals surface area (Å²) in [6.45, 7) is 5.42. The molecule has 32 heavy (non-hydrogen) atoms. The van der Waals surface area contributed by atoms with Crippen molar-refractivity contribution in [1.82, 2.24) is 15.2 Å². The first-order valence-electron chi connectivity index (χ1n) is 9.82. The highest BCUT2D eigenvalue weighted by atomic mass is 32.2. The fourth-order valence-corrected chi connectivity index (χ4v) is 4.44. The molecule has 11 heteroatoms. The molecule has 0 aliphatic carbocycles. The number of ether oxygens (including phenoxy) is 2. The highest BCUT2D eigenvalue weighted by Crippen LogP contribution is 2.34. The number of hydrogen-bond donors (Lipinski definition) is 3. The molecule has 0 spiro atoms. The van der Waals surface area contributed by atoms with Crippen LogP contribution < -0.4 is 24.2 Å². The zero-order chi connectivity index (χ0) is 22.9. The minimum atomic E-state index is -1.61. The van der Waals surface area contributed by atoms with Crippen molar-refractivity contribution in [2.45, 2.75) is 17.9 Å². The van der Waals surface area contributed by atoms with Crippen molar-refractivity contribution in [2.24, 2.45) is 0 Å². The zero-order valence-electron chi connectivity index (χ0n) is 17.9. The Morgan fingerprint density at radius 3 is 2.66 bits per heavy atom. The fraction of sp³-hybridized carbons (Fsp3) is 0.286. The highest BCUT2D eigenvalue weighted by molar-refractivity contribution is 7.86. The number of nitrogens with zero attached hydrogens (tertiary/aromatic N) is 1. The van der Waals surface area contributed by atoms with Crippen LogP contribution in [0.3, 0.4) is 0 Å². The lowest BCUT2D eigenvalue weighted by Crippen LogP contribution is -2.22. The number of nitrogens with one attached hydrogen (secondary N) is 3. The van der Waals surface area contributed by atoms with Crippen LogP contribution >= 0.6 is 0 Å². The van der Waals surface area contributed by atoms with Crippen LogP contribution in [0.1, 0.15) is 12.0 Å². The largest absolute Gasteiger partial charge is 0.496 e. The molecular weight excluding hydrogens is 452 g/mol. The number of hydrogen-bond acceptors (Lipinski definition) is 7. The molecule has 0 saturated heterocycles. The molecule has 1 heterocycles. The number of fused-ring (bicyclic) bond motifs is 1. The van der Waals surface area contributed by atoms with E-state index in [1.165, 1.54) is 12.5 Å². The van der Waals surface area contributed by atoms with Gasteiger partial charge in [0.2, 0.25) is 0 Å². The van der Waals surface area contributed by atoms with Crippen molar-refractivity contribution in [2.75, 3.05) is 32.0 Å². The Bertz CT molecular complexity index is 1120. The van der Waals surface area contributed by atoms with Crippen LogP contribution in [-0.4, -0.2) is 40.9 Å². The van der Waals surface area contributed by atoms with Gasteiger partial charge in [-0.15, -0.1) is 0 Å². The first-order valence-corrected chi connectivity index (χ1v) is 12.2. The molecule has 0 bridgehead atoms. The second-order valence-corrected chi connectivity index (χ2v) is 9.01. The van der Waals surface area contributed by atoms with E-state index in [9.17, 15) is 8.42 Å². The molecule has 0 radical (unpaired) electrons. The van der Waals surface area contributed by atoms with E-state index in [0.717, 1.165) is 18.5 Å². The topological polar surface area (TPSA) is 115 Å². The lowest BCUT2D eigenvalue weighted by Gasteiger charge is -2.10. The monoisotopic (exact) mass is 478 g/mol. The molecule has 3 N–H and O–H groups in total. The smallest absolute Gasteiger partial charge is 0.193 e. The molecule has 2 atom stereocenters. The number of anilines is 1. The Morgan fingerprint density at radius 2 is 1.91 bits per heavy atom. The maximum atomic E-state index is 12.8. The van der Waals surface area contributed by atoms with Crippen LogP contribution in [0, 0.1) is 0 Å². The summed E-state index contributed by atoms with van der Waals surface area (Å²) in [7, 11) is 0.291. The summed E-state index contributed by atoms with van der Waals surface area (Å²) in [6.07, 6.45) is 0.810. The van der Waals surface area contributed by atoms with Gasteiger partial charge in [0, 0.05) is 18.5 Å². The van der Waals surface area contributed by atoms with Crippen LogP contribution in [0.15, 0.2) is 57.8 Å². The molecule has 3 rings (SSSR count). The maximum Gasteiger partial charge on any atom is 0.193 e. The summed E-state index contributed by atoms with van der Waals surface area (Å²) in [5.74, 6) is 1.39. The number of para-hydroxylation sites is 1. The van der Waals surface area contributed by atoms with Gasteiger partial charge in [0.15, 0.2) is 22.4 Å². The predicted molar refractivity (Wildman–Crippen MR) is 126 cm³/mol. The third kappa shape index (κ3) is 5.94. The van der Waals surface area contributed by atoms with Crippen molar-refractivity contribution in [3.05, 3.63) is 53.9 Å². The minimum absolute atomic E-state index is 0.321. The van der Waals surface area contributed by atoms with E-state index in [0.29, 0.717) is 46.3 Å². The Labute approximate surface area is 191 Å². The summed E-state index contributed by atoms with van der Waals surface area (Å²) in [5, 5.41) is 9.34. The van der Waals surface area contributed by atoms with Gasteiger partial charge in [-0.3, -0.25) is 4.72 Å². The van der Waals surface area contributed by atoms with E-state index in [1.54, 1.807) is 25.3 Å². The van der Waals surface area contributed by atoms with Gasteiger partial charge < -0.3 is 19.3 Å². The predicted octanol–water partition coefficient (Wildman–Crippen LogP) is 2.86. The molecule has 0 fully saturated rings. The normalized spacial score (nSPS) is 12.9. The standard InChI is InChI=1S/C21H26N4O5S2/c1-4-31(26)23-11-7-10-22-14-15-12-17(29-3)20-18(13-15)30-24-21(20)25-32(27)19-9-6-5-8-16(19)28-2/h4-6,8-9,12-13,22-23H,1,7,10-11,14H2,2-3H3,(H,24,25). The van der Waals surface area contributed by atoms with Crippen LogP contribution in [0.5, 0.6) is 11.5 Å². The summed E-state index contributed by atoms with van der Waals surface area (Å²) in [5.41, 5.74) is 1.47. The van der Waals surface area contributed by atoms with E-state index in [1.807, 2.05) is 18.2 Å². The average Bonchev–Trinajstić information content (AvgIpc) is 3.22. The van der Waals surface area contributed by atoms with E-state index in [4.69, 9.17) is 14.0 Å². The van der Waals surface area contributed by atoms with E-state index < -0.39 is 22.0 Å². The lowest BCUT2D eigenvalue weighted by atomic mass is 10.1. The van der Waals surface area contributed by atoms with Gasteiger partial charge in [0.05, 0.1) is 14.2 Å². The Balaban J connectivity index is 1.68. The summed E-state index contributed by atoms with van der Waals surface area (Å²) < 4.78 is 46.1. The summed E-state index contributed by atoms with van der Waals surface area (Å²) in [6, 6.07) is 10.8. The molecule has 0 aliphatic rings. The third-order valence-corrected chi connectivity index (χ3v) is 6.44. The maximum absolute atomic E-state index is 12.8. The molecule has 172 valence electrons. The SMILES string of the molecule is C=CS(=O)NCCCNCc1cc(OC)c2c(NS(=O)c3ccccc3OC)noc2c1. The van der Waals surface area contributed by atoms with Crippen molar-refractivity contribution in [3.8, 4) is 11.5 Å². The summed E-state index contributed by atoms with van der Waals surface area (Å²) >= 11 is 0. The number of methoxy groups -OCH3 is 2. The minimum Gasteiger partial charge on any atom is -0.496 e. The van der Waals surface area contributed by atoms with Crippen molar-refractivity contribution in [1.29, 1.82) is 0 Å². The van der Waals surface area contributed by atoms with Gasteiger partial charge in [0.25, 0.3) is 0 Å².